The van der Waals surface area contributed by atoms with Crippen molar-refractivity contribution in [3.8, 4) is 0 Å². The number of rotatable bonds is 4. The van der Waals surface area contributed by atoms with Crippen molar-refractivity contribution >= 4 is 45.5 Å². The minimum absolute atomic E-state index is 0.0581. The Hall–Kier alpha value is -0.100. The number of benzene rings is 1. The molecule has 1 aromatic carbocycles. The fourth-order valence-corrected chi connectivity index (χ4v) is 3.35. The molecule has 0 fully saturated rings. The third kappa shape index (κ3) is 3.68. The first kappa shape index (κ1) is 13.3. The van der Waals surface area contributed by atoms with Gasteiger partial charge in [0.1, 0.15) is 0 Å². The summed E-state index contributed by atoms with van der Waals surface area (Å²) in [5, 5.41) is 2.86. The van der Waals surface area contributed by atoms with Crippen LogP contribution in [0.25, 0.3) is 0 Å². The van der Waals surface area contributed by atoms with Gasteiger partial charge in [0.05, 0.1) is 0 Å². The lowest BCUT2D eigenvalue weighted by Gasteiger charge is -2.13. The van der Waals surface area contributed by atoms with Crippen molar-refractivity contribution in [3.05, 3.63) is 54.7 Å². The maximum atomic E-state index is 6.22. The lowest BCUT2D eigenvalue weighted by atomic mass is 10.0. The van der Waals surface area contributed by atoms with Gasteiger partial charge in [0, 0.05) is 19.5 Å². The van der Waals surface area contributed by atoms with E-state index in [4.69, 9.17) is 17.3 Å². The molecule has 2 rings (SSSR count). The zero-order valence-electron chi connectivity index (χ0n) is 9.20. The van der Waals surface area contributed by atoms with Crippen molar-refractivity contribution in [1.29, 1.82) is 0 Å². The van der Waals surface area contributed by atoms with Gasteiger partial charge in [-0.1, -0.05) is 17.7 Å². The van der Waals surface area contributed by atoms with E-state index in [1.165, 1.54) is 8.45 Å². The second kappa shape index (κ2) is 6.18. The lowest BCUT2D eigenvalue weighted by molar-refractivity contribution is 0.652. The quantitative estimate of drug-likeness (QED) is 0.772. The molecular formula is C13H13ClINS. The minimum Gasteiger partial charge on any atom is -0.324 e. The lowest BCUT2D eigenvalue weighted by Crippen LogP contribution is -2.12. The van der Waals surface area contributed by atoms with Crippen LogP contribution in [0.4, 0.5) is 0 Å². The first-order chi connectivity index (χ1) is 8.16. The number of halogens is 2. The van der Waals surface area contributed by atoms with E-state index >= 15 is 0 Å². The smallest absolute Gasteiger partial charge is 0.0410 e. The van der Waals surface area contributed by atoms with Gasteiger partial charge in [-0.25, -0.2) is 0 Å². The van der Waals surface area contributed by atoms with Gasteiger partial charge in [0.15, 0.2) is 0 Å². The van der Waals surface area contributed by atoms with Crippen molar-refractivity contribution in [2.45, 2.75) is 18.9 Å². The monoisotopic (exact) mass is 377 g/mol. The molecule has 0 spiro atoms. The summed E-state index contributed by atoms with van der Waals surface area (Å²) in [4.78, 5) is 1.39. The van der Waals surface area contributed by atoms with Crippen LogP contribution < -0.4 is 5.73 Å². The molecular weight excluding hydrogens is 365 g/mol. The molecule has 0 saturated heterocycles. The van der Waals surface area contributed by atoms with Crippen molar-refractivity contribution in [1.82, 2.24) is 0 Å². The van der Waals surface area contributed by atoms with Crippen LogP contribution in [0.15, 0.2) is 35.7 Å². The van der Waals surface area contributed by atoms with E-state index in [9.17, 15) is 0 Å². The zero-order valence-corrected chi connectivity index (χ0v) is 12.9. The largest absolute Gasteiger partial charge is 0.324 e. The maximum Gasteiger partial charge on any atom is 0.0410 e. The summed E-state index contributed by atoms with van der Waals surface area (Å²) in [6.45, 7) is 0. The standard InChI is InChI=1S/C13H13ClINS/c14-9-3-5-12(15)11(8-9)13(16)6-4-10-2-1-7-17-10/h1-3,5,7-8,13H,4,6,16H2. The highest BCUT2D eigenvalue weighted by atomic mass is 127. The van der Waals surface area contributed by atoms with E-state index in [-0.39, 0.29) is 6.04 Å². The first-order valence-corrected chi connectivity index (χ1v) is 7.73. The van der Waals surface area contributed by atoms with E-state index < -0.39 is 0 Å². The topological polar surface area (TPSA) is 26.0 Å². The molecule has 0 aliphatic rings. The molecule has 2 aromatic rings. The molecule has 17 heavy (non-hydrogen) atoms. The van der Waals surface area contributed by atoms with Crippen molar-refractivity contribution in [2.24, 2.45) is 5.73 Å². The van der Waals surface area contributed by atoms with Crippen LogP contribution >= 0.6 is 45.5 Å². The normalized spacial score (nSPS) is 12.6. The van der Waals surface area contributed by atoms with Gasteiger partial charge in [-0.15, -0.1) is 11.3 Å². The van der Waals surface area contributed by atoms with Gasteiger partial charge in [0.25, 0.3) is 0 Å². The average Bonchev–Trinajstić information content (AvgIpc) is 2.82. The van der Waals surface area contributed by atoms with Crippen LogP contribution in [-0.4, -0.2) is 0 Å². The van der Waals surface area contributed by atoms with Gasteiger partial charge in [-0.3, -0.25) is 0 Å². The Morgan fingerprint density at radius 1 is 1.35 bits per heavy atom. The molecule has 0 amide bonds. The third-order valence-corrected chi connectivity index (χ3v) is 4.79. The van der Waals surface area contributed by atoms with Crippen LogP contribution in [0.3, 0.4) is 0 Å². The molecule has 0 aliphatic heterocycles. The Balaban J connectivity index is 2.04. The van der Waals surface area contributed by atoms with Crippen molar-refractivity contribution in [2.75, 3.05) is 0 Å². The molecule has 0 radical (unpaired) electrons. The van der Waals surface area contributed by atoms with Crippen LogP contribution in [0, 0.1) is 3.57 Å². The predicted octanol–water partition coefficient (Wildman–Crippen LogP) is 4.64. The van der Waals surface area contributed by atoms with Crippen molar-refractivity contribution < 1.29 is 0 Å². The summed E-state index contributed by atoms with van der Waals surface area (Å²) in [7, 11) is 0. The van der Waals surface area contributed by atoms with Crippen LogP contribution in [0.5, 0.6) is 0 Å². The highest BCUT2D eigenvalue weighted by Gasteiger charge is 2.10. The van der Waals surface area contributed by atoms with Gasteiger partial charge in [-0.05, 0) is 70.6 Å². The second-order valence-corrected chi connectivity index (χ2v) is 6.52. The van der Waals surface area contributed by atoms with Gasteiger partial charge >= 0.3 is 0 Å². The molecule has 1 aromatic heterocycles. The predicted molar refractivity (Wildman–Crippen MR) is 83.7 cm³/mol. The molecule has 1 unspecified atom stereocenters. The summed E-state index contributed by atoms with van der Waals surface area (Å²) < 4.78 is 1.19. The molecule has 4 heteroatoms. The Kier molecular flexibility index (Phi) is 4.85. The number of aryl methyl sites for hydroxylation is 1. The van der Waals surface area contributed by atoms with Crippen LogP contribution in [-0.2, 0) is 6.42 Å². The fraction of sp³-hybridized carbons (Fsp3) is 0.231. The number of hydrogen-bond acceptors (Lipinski definition) is 2. The van der Waals surface area contributed by atoms with Crippen molar-refractivity contribution in [3.63, 3.8) is 0 Å². The molecule has 90 valence electrons. The van der Waals surface area contributed by atoms with Gasteiger partial charge < -0.3 is 5.73 Å². The highest BCUT2D eigenvalue weighted by Crippen LogP contribution is 2.26. The number of thiophene rings is 1. The van der Waals surface area contributed by atoms with E-state index in [0.717, 1.165) is 23.4 Å². The summed E-state index contributed by atoms with van der Waals surface area (Å²) in [5.41, 5.74) is 7.37. The highest BCUT2D eigenvalue weighted by molar-refractivity contribution is 14.1. The van der Waals surface area contributed by atoms with Crippen LogP contribution in [0.2, 0.25) is 5.02 Å². The van der Waals surface area contributed by atoms with Crippen LogP contribution in [0.1, 0.15) is 22.9 Å². The number of hydrogen-bond donors (Lipinski definition) is 1. The van der Waals surface area contributed by atoms with E-state index in [0.29, 0.717) is 0 Å². The SMILES string of the molecule is NC(CCc1cccs1)c1cc(Cl)ccc1I. The maximum absolute atomic E-state index is 6.22. The number of nitrogens with two attached hydrogens (primary N) is 1. The molecule has 1 heterocycles. The summed E-state index contributed by atoms with van der Waals surface area (Å²) in [6, 6.07) is 10.2. The minimum atomic E-state index is 0.0581. The zero-order chi connectivity index (χ0) is 12.3. The average molecular weight is 378 g/mol. The van der Waals surface area contributed by atoms with E-state index in [2.05, 4.69) is 40.1 Å². The molecule has 1 atom stereocenters. The molecule has 0 aliphatic carbocycles. The first-order valence-electron chi connectivity index (χ1n) is 5.39. The second-order valence-electron chi connectivity index (χ2n) is 3.89. The summed E-state index contributed by atoms with van der Waals surface area (Å²) in [6.07, 6.45) is 1.98. The molecule has 0 saturated carbocycles. The van der Waals surface area contributed by atoms with Gasteiger partial charge in [0.2, 0.25) is 0 Å². The summed E-state index contributed by atoms with van der Waals surface area (Å²) in [5.74, 6) is 0. The van der Waals surface area contributed by atoms with E-state index in [1.54, 1.807) is 11.3 Å². The third-order valence-electron chi connectivity index (χ3n) is 2.64. The van der Waals surface area contributed by atoms with E-state index in [1.807, 2.05) is 18.2 Å². The molecule has 0 bridgehead atoms. The Morgan fingerprint density at radius 2 is 2.18 bits per heavy atom. The Morgan fingerprint density at radius 3 is 2.88 bits per heavy atom. The summed E-state index contributed by atoms with van der Waals surface area (Å²) >= 11 is 10.1. The fourth-order valence-electron chi connectivity index (χ4n) is 1.71. The molecule has 2 N–H and O–H groups in total. The molecule has 1 nitrogen and oxygen atoms in total. The van der Waals surface area contributed by atoms with Gasteiger partial charge in [-0.2, -0.15) is 0 Å². The Bertz CT molecular complexity index is 484. The Labute approximate surface area is 124 Å².